The van der Waals surface area contributed by atoms with Crippen molar-refractivity contribution in [3.8, 4) is 0 Å². The number of rotatable bonds is 10. The molecule has 4 aromatic rings. The summed E-state index contributed by atoms with van der Waals surface area (Å²) in [7, 11) is 0. The van der Waals surface area contributed by atoms with Crippen LogP contribution in [0.25, 0.3) is 0 Å². The Morgan fingerprint density at radius 2 is 1.62 bits per heavy atom. The van der Waals surface area contributed by atoms with Gasteiger partial charge in [0.15, 0.2) is 6.54 Å². The van der Waals surface area contributed by atoms with Gasteiger partial charge in [0.25, 0.3) is 5.91 Å². The zero-order valence-corrected chi connectivity index (χ0v) is 26.2. The van der Waals surface area contributed by atoms with Gasteiger partial charge in [0.05, 0.1) is 6.61 Å². The molecule has 5 nitrogen and oxygen atoms in total. The van der Waals surface area contributed by atoms with Gasteiger partial charge in [-0.05, 0) is 61.7 Å². The fourth-order valence-electron chi connectivity index (χ4n) is 4.60. The predicted octanol–water partition coefficient (Wildman–Crippen LogP) is 5.02. The average molecular weight is 642 g/mol. The lowest BCUT2D eigenvalue weighted by Gasteiger charge is -2.24. The van der Waals surface area contributed by atoms with Gasteiger partial charge in [-0.25, -0.2) is 9.13 Å². The maximum absolute atomic E-state index is 13.3. The Morgan fingerprint density at radius 1 is 0.975 bits per heavy atom. The summed E-state index contributed by atoms with van der Waals surface area (Å²) < 4.78 is 10.2. The van der Waals surface area contributed by atoms with Crippen LogP contribution in [0.3, 0.4) is 0 Å². The number of hydrogen-bond acceptors (Lipinski definition) is 2. The number of benzene rings is 3. The first-order valence-electron chi connectivity index (χ1n) is 12.6. The standard InChI is InChI=1S/C30H30Cl4N3O2.ClH/c1-4-37(30-20(2)6-5-7-21(30)3)29(38)17-36-13-12-35(19-36)16-28(25-11-10-24(32)15-27(25)34)39-18-22-8-9-23(31)14-26(22)33;/h5-15,19,28H,4,16-18H2,1-3H3;1H/q+1;/p-1. The van der Waals surface area contributed by atoms with E-state index in [9.17, 15) is 4.79 Å². The van der Waals surface area contributed by atoms with Crippen LogP contribution < -0.4 is 21.9 Å². The van der Waals surface area contributed by atoms with Gasteiger partial charge in [-0.1, -0.05) is 76.7 Å². The van der Waals surface area contributed by atoms with E-state index in [-0.39, 0.29) is 31.5 Å². The molecule has 10 heteroatoms. The molecule has 1 amide bonds. The highest BCUT2D eigenvalue weighted by atomic mass is 35.5. The first kappa shape index (κ1) is 32.3. The fraction of sp³-hybridized carbons (Fsp3) is 0.267. The van der Waals surface area contributed by atoms with Crippen LogP contribution in [0, 0.1) is 13.8 Å². The van der Waals surface area contributed by atoms with Crippen molar-refractivity contribution in [1.82, 2.24) is 4.57 Å². The summed E-state index contributed by atoms with van der Waals surface area (Å²) in [5, 5.41) is 2.15. The van der Waals surface area contributed by atoms with Gasteiger partial charge in [0.2, 0.25) is 6.33 Å². The second-order valence-electron chi connectivity index (χ2n) is 9.36. The second-order valence-corrected chi connectivity index (χ2v) is 11.0. The number of hydrogen-bond donors (Lipinski definition) is 0. The van der Waals surface area contributed by atoms with Crippen LogP contribution in [0.5, 0.6) is 0 Å². The van der Waals surface area contributed by atoms with Crippen molar-refractivity contribution in [3.63, 3.8) is 0 Å². The number of para-hydroxylation sites is 1. The van der Waals surface area contributed by atoms with E-state index in [1.54, 1.807) is 24.3 Å². The zero-order chi connectivity index (χ0) is 28.1. The number of nitrogens with zero attached hydrogens (tertiary/aromatic N) is 3. The maximum atomic E-state index is 13.3. The normalized spacial score (nSPS) is 11.7. The van der Waals surface area contributed by atoms with E-state index in [1.165, 1.54) is 0 Å². The third-order valence-corrected chi connectivity index (χ3v) is 7.68. The van der Waals surface area contributed by atoms with E-state index in [0.29, 0.717) is 33.2 Å². The highest BCUT2D eigenvalue weighted by Crippen LogP contribution is 2.31. The fourth-order valence-corrected chi connectivity index (χ4v) is 5.59. The number of carbonyl (C=O) groups excluding carboxylic acids is 1. The number of ether oxygens (including phenoxy) is 1. The van der Waals surface area contributed by atoms with Crippen LogP contribution in [0.1, 0.15) is 35.3 Å². The van der Waals surface area contributed by atoms with Crippen molar-refractivity contribution in [1.29, 1.82) is 0 Å². The van der Waals surface area contributed by atoms with Crippen molar-refractivity contribution in [2.75, 3.05) is 11.4 Å². The number of imidazole rings is 1. The third kappa shape index (κ3) is 7.94. The van der Waals surface area contributed by atoms with Gasteiger partial charge < -0.3 is 22.0 Å². The van der Waals surface area contributed by atoms with Crippen molar-refractivity contribution in [3.05, 3.63) is 116 Å². The van der Waals surface area contributed by atoms with Crippen molar-refractivity contribution in [2.24, 2.45) is 0 Å². The highest BCUT2D eigenvalue weighted by molar-refractivity contribution is 6.35. The number of amides is 1. The molecule has 0 fully saturated rings. The lowest BCUT2D eigenvalue weighted by atomic mass is 10.1. The van der Waals surface area contributed by atoms with Gasteiger partial charge in [-0.3, -0.25) is 4.79 Å². The summed E-state index contributed by atoms with van der Waals surface area (Å²) in [5.74, 6) is 0.0172. The summed E-state index contributed by atoms with van der Waals surface area (Å²) in [6.07, 6.45) is 5.29. The van der Waals surface area contributed by atoms with Crippen molar-refractivity contribution >= 4 is 58.0 Å². The molecule has 4 rings (SSSR count). The molecule has 40 heavy (non-hydrogen) atoms. The van der Waals surface area contributed by atoms with Crippen LogP contribution in [0.2, 0.25) is 20.1 Å². The van der Waals surface area contributed by atoms with E-state index in [0.717, 1.165) is 27.9 Å². The van der Waals surface area contributed by atoms with Crippen LogP contribution >= 0.6 is 46.4 Å². The summed E-state index contributed by atoms with van der Waals surface area (Å²) >= 11 is 25.1. The lowest BCUT2D eigenvalue weighted by Crippen LogP contribution is -3.00. The Kier molecular flexibility index (Phi) is 11.8. The number of likely N-dealkylation sites (N-methyl/N-ethyl adjacent to an activating group) is 1. The minimum atomic E-state index is -0.403. The highest BCUT2D eigenvalue weighted by Gasteiger charge is 2.23. The summed E-state index contributed by atoms with van der Waals surface area (Å²) in [6, 6.07) is 16.7. The van der Waals surface area contributed by atoms with Gasteiger partial charge in [0.1, 0.15) is 25.0 Å². The Hall–Kier alpha value is -2.25. The summed E-state index contributed by atoms with van der Waals surface area (Å²) in [6.45, 7) is 7.57. The van der Waals surface area contributed by atoms with Gasteiger partial charge in [0, 0.05) is 37.9 Å². The first-order valence-corrected chi connectivity index (χ1v) is 14.1. The summed E-state index contributed by atoms with van der Waals surface area (Å²) in [5.41, 5.74) is 4.74. The Balaban J connectivity index is 0.00000441. The molecule has 212 valence electrons. The van der Waals surface area contributed by atoms with Gasteiger partial charge in [-0.15, -0.1) is 0 Å². The SMILES string of the molecule is CCN(C(=O)Cn1cc[n+](CC(OCc2ccc(Cl)cc2Cl)c2ccc(Cl)cc2Cl)c1)c1c(C)cccc1C.[Cl-]. The average Bonchev–Trinajstić information content (AvgIpc) is 3.31. The van der Waals surface area contributed by atoms with E-state index in [4.69, 9.17) is 51.1 Å². The zero-order valence-electron chi connectivity index (χ0n) is 22.4. The number of carbonyl (C=O) groups is 1. The Labute approximate surface area is 261 Å². The van der Waals surface area contributed by atoms with Crippen LogP contribution in [0.15, 0.2) is 73.3 Å². The van der Waals surface area contributed by atoms with Crippen LogP contribution in [-0.2, 0) is 29.2 Å². The molecule has 1 atom stereocenters. The molecule has 0 N–H and O–H groups in total. The first-order chi connectivity index (χ1) is 18.7. The molecule has 0 saturated carbocycles. The molecule has 1 heterocycles. The smallest absolute Gasteiger partial charge is 0.269 e. The largest absolute Gasteiger partial charge is 1.00 e. The van der Waals surface area contributed by atoms with Crippen molar-refractivity contribution in [2.45, 2.75) is 46.6 Å². The second kappa shape index (κ2) is 14.6. The van der Waals surface area contributed by atoms with E-state index in [2.05, 4.69) is 0 Å². The molecular formula is C30H30Cl5N3O2. The molecule has 1 aromatic heterocycles. The molecule has 0 spiro atoms. The number of halogens is 5. The van der Waals surface area contributed by atoms with Crippen LogP contribution in [-0.4, -0.2) is 17.0 Å². The molecule has 0 bridgehead atoms. The third-order valence-electron chi connectivity index (χ3n) is 6.53. The minimum Gasteiger partial charge on any atom is -1.00 e. The van der Waals surface area contributed by atoms with E-state index >= 15 is 0 Å². The lowest BCUT2D eigenvalue weighted by molar-refractivity contribution is -0.704. The molecule has 0 aliphatic carbocycles. The molecule has 3 aromatic carbocycles. The Bertz CT molecular complexity index is 1450. The minimum absolute atomic E-state index is 0. The molecule has 0 aliphatic heterocycles. The van der Waals surface area contributed by atoms with E-state index in [1.807, 2.05) is 83.9 Å². The molecule has 0 aliphatic rings. The monoisotopic (exact) mass is 639 g/mol. The number of anilines is 1. The van der Waals surface area contributed by atoms with Gasteiger partial charge >= 0.3 is 0 Å². The maximum Gasteiger partial charge on any atom is 0.269 e. The summed E-state index contributed by atoms with van der Waals surface area (Å²) in [4.78, 5) is 15.2. The number of aryl methyl sites for hydroxylation is 2. The van der Waals surface area contributed by atoms with Crippen molar-refractivity contribution < 1.29 is 26.5 Å². The number of aromatic nitrogens is 2. The van der Waals surface area contributed by atoms with Crippen LogP contribution in [0.4, 0.5) is 5.69 Å². The Morgan fingerprint density at radius 3 is 2.25 bits per heavy atom. The molecule has 0 radical (unpaired) electrons. The molecule has 0 saturated heterocycles. The molecule has 1 unspecified atom stereocenters. The predicted molar refractivity (Wildman–Crippen MR) is 159 cm³/mol. The quantitative estimate of drug-likeness (QED) is 0.228. The topological polar surface area (TPSA) is 38.4 Å². The van der Waals surface area contributed by atoms with E-state index < -0.39 is 6.10 Å². The molecular weight excluding hydrogens is 612 g/mol. The van der Waals surface area contributed by atoms with Gasteiger partial charge in [-0.2, -0.15) is 0 Å².